The summed E-state index contributed by atoms with van der Waals surface area (Å²) in [5, 5.41) is 11.6. The Morgan fingerprint density at radius 1 is 1.24 bits per heavy atom. The molecule has 0 aliphatic heterocycles. The van der Waals surface area contributed by atoms with Crippen LogP contribution in [0.5, 0.6) is 0 Å². The number of ketones is 2. The molecule has 0 saturated heterocycles. The highest BCUT2D eigenvalue weighted by Gasteiger charge is 2.71. The number of ether oxygens (including phenoxy) is 3. The zero-order valence-electron chi connectivity index (χ0n) is 22.0. The number of fused-ring (bicyclic) bond motifs is 5. The van der Waals surface area contributed by atoms with Crippen LogP contribution in [0.3, 0.4) is 0 Å². The number of carbonyl (C=O) groups excluding carboxylic acids is 4. The summed E-state index contributed by atoms with van der Waals surface area (Å²) < 4.78 is 31.3. The number of hydrogen-bond donors (Lipinski definition) is 1. The minimum absolute atomic E-state index is 0.0963. The molecule has 0 heterocycles. The molecule has 4 aliphatic rings. The first-order valence-electron chi connectivity index (χ1n) is 13.2. The summed E-state index contributed by atoms with van der Waals surface area (Å²) in [7, 11) is 1.14. The smallest absolute Gasteiger partial charge is 0.457 e. The molecule has 9 heteroatoms. The van der Waals surface area contributed by atoms with Crippen molar-refractivity contribution in [2.75, 3.05) is 13.7 Å². The van der Waals surface area contributed by atoms with Gasteiger partial charge in [-0.3, -0.25) is 14.4 Å². The van der Waals surface area contributed by atoms with Gasteiger partial charge in [-0.05, 0) is 61.7 Å². The van der Waals surface area contributed by atoms with Crippen molar-refractivity contribution in [2.45, 2.75) is 83.6 Å². The van der Waals surface area contributed by atoms with E-state index in [0.29, 0.717) is 18.4 Å². The van der Waals surface area contributed by atoms with E-state index in [1.807, 2.05) is 13.8 Å². The summed E-state index contributed by atoms with van der Waals surface area (Å²) in [6, 6.07) is 0. The number of halogens is 1. The fourth-order valence-electron chi connectivity index (χ4n) is 7.85. The second kappa shape index (κ2) is 9.97. The Morgan fingerprint density at radius 2 is 1.97 bits per heavy atom. The van der Waals surface area contributed by atoms with Gasteiger partial charge in [-0.1, -0.05) is 33.3 Å². The van der Waals surface area contributed by atoms with Crippen LogP contribution in [0.25, 0.3) is 0 Å². The molecule has 8 nitrogen and oxygen atoms in total. The van der Waals surface area contributed by atoms with Gasteiger partial charge in [0.05, 0.1) is 13.2 Å². The largest absolute Gasteiger partial charge is 0.509 e. The number of Topliss-reactive ketones (excluding diaryl/α,β-unsaturated/α-hetero) is 1. The van der Waals surface area contributed by atoms with Gasteiger partial charge in [0.2, 0.25) is 5.78 Å². The predicted molar refractivity (Wildman–Crippen MR) is 130 cm³/mol. The highest BCUT2D eigenvalue weighted by atomic mass is 19.1. The van der Waals surface area contributed by atoms with Gasteiger partial charge in [-0.25, -0.2) is 9.18 Å². The summed E-state index contributed by atoms with van der Waals surface area (Å²) in [5.41, 5.74) is -3.19. The van der Waals surface area contributed by atoms with Crippen LogP contribution in [-0.2, 0) is 28.6 Å². The van der Waals surface area contributed by atoms with Gasteiger partial charge in [0.15, 0.2) is 18.0 Å². The third-order valence-electron chi connectivity index (χ3n) is 9.57. The van der Waals surface area contributed by atoms with Crippen molar-refractivity contribution in [3.8, 4) is 0 Å². The van der Waals surface area contributed by atoms with E-state index < -0.39 is 53.2 Å². The van der Waals surface area contributed by atoms with Crippen molar-refractivity contribution in [3.63, 3.8) is 0 Å². The molecule has 4 aliphatic carbocycles. The number of esters is 1. The molecule has 0 amide bonds. The number of rotatable bonds is 7. The minimum Gasteiger partial charge on any atom is -0.457 e. The quantitative estimate of drug-likeness (QED) is 0.500. The Morgan fingerprint density at radius 3 is 2.65 bits per heavy atom. The van der Waals surface area contributed by atoms with E-state index in [1.165, 1.54) is 12.2 Å². The van der Waals surface area contributed by atoms with E-state index >= 15 is 4.39 Å². The molecule has 37 heavy (non-hydrogen) atoms. The number of carbonyl (C=O) groups is 4. The summed E-state index contributed by atoms with van der Waals surface area (Å²) in [6.07, 6.45) is 3.54. The van der Waals surface area contributed by atoms with E-state index in [9.17, 15) is 24.3 Å². The number of unbranched alkanes of at least 4 members (excludes halogenated alkanes) is 1. The van der Waals surface area contributed by atoms with Gasteiger partial charge >= 0.3 is 12.1 Å². The summed E-state index contributed by atoms with van der Waals surface area (Å²) in [4.78, 5) is 50.2. The van der Waals surface area contributed by atoms with Crippen molar-refractivity contribution in [2.24, 2.45) is 28.6 Å². The Kier molecular flexibility index (Phi) is 7.40. The third kappa shape index (κ3) is 4.33. The molecule has 3 saturated carbocycles. The zero-order valence-corrected chi connectivity index (χ0v) is 22.0. The second-order valence-corrected chi connectivity index (χ2v) is 11.4. The van der Waals surface area contributed by atoms with Crippen molar-refractivity contribution in [1.82, 2.24) is 0 Å². The molecule has 1 unspecified atom stereocenters. The fourth-order valence-corrected chi connectivity index (χ4v) is 7.85. The Hall–Kier alpha value is -2.55. The standard InChI is InChI=1S/C28H37FO8/c1-5-6-7-23(33)36-15-22(32)28(37-25(34)35-4)11-9-18-17-13-20(29)19-12-16(30)8-10-26(19,2)24(17)21(31)14-27(18,28)3/h8,10,12,17-18,20-21,24,31H,5-7,9,11,13-15H2,1-4H3/t17-,18-,20-,21?,24+,26-,27-,28-/m0/s1. The second-order valence-electron chi connectivity index (χ2n) is 11.4. The highest BCUT2D eigenvalue weighted by Crippen LogP contribution is 2.68. The molecule has 0 aromatic carbocycles. The first-order chi connectivity index (χ1) is 17.4. The molecular formula is C28H37FO8. The van der Waals surface area contributed by atoms with Crippen LogP contribution in [0, 0.1) is 28.6 Å². The van der Waals surface area contributed by atoms with Gasteiger partial charge in [0, 0.05) is 23.2 Å². The fraction of sp³-hybridized carbons (Fsp3) is 0.714. The van der Waals surface area contributed by atoms with E-state index in [2.05, 4.69) is 0 Å². The SMILES string of the molecule is CCCCC(=O)OCC(=O)[C@@]1(OC(=O)OC)CC[C@H]2[C@@H]3C[C@H](F)C4=CC(=O)C=C[C@]4(C)[C@H]3C(O)C[C@@]21C. The van der Waals surface area contributed by atoms with Crippen LogP contribution in [0.4, 0.5) is 9.18 Å². The molecule has 3 fully saturated rings. The maximum Gasteiger partial charge on any atom is 0.509 e. The van der Waals surface area contributed by atoms with Crippen molar-refractivity contribution >= 4 is 23.7 Å². The van der Waals surface area contributed by atoms with E-state index in [4.69, 9.17) is 14.2 Å². The summed E-state index contributed by atoms with van der Waals surface area (Å²) >= 11 is 0. The lowest BCUT2D eigenvalue weighted by Crippen LogP contribution is -2.64. The molecule has 0 bridgehead atoms. The van der Waals surface area contributed by atoms with Crippen LogP contribution >= 0.6 is 0 Å². The molecule has 0 aromatic rings. The van der Waals surface area contributed by atoms with Gasteiger partial charge in [-0.15, -0.1) is 0 Å². The molecule has 204 valence electrons. The lowest BCUT2D eigenvalue weighted by Gasteiger charge is -2.60. The van der Waals surface area contributed by atoms with Crippen molar-refractivity contribution in [1.29, 1.82) is 0 Å². The Labute approximate surface area is 216 Å². The number of allylic oxidation sites excluding steroid dienone is 4. The van der Waals surface area contributed by atoms with Crippen LogP contribution in [0.2, 0.25) is 0 Å². The first-order valence-corrected chi connectivity index (χ1v) is 13.2. The normalized spacial score (nSPS) is 40.1. The van der Waals surface area contributed by atoms with E-state index in [0.717, 1.165) is 13.5 Å². The third-order valence-corrected chi connectivity index (χ3v) is 9.57. The number of methoxy groups -OCH3 is 1. The molecular weight excluding hydrogens is 483 g/mol. The zero-order chi connectivity index (χ0) is 27.2. The van der Waals surface area contributed by atoms with Crippen LogP contribution in [-0.4, -0.2) is 60.4 Å². The highest BCUT2D eigenvalue weighted by molar-refractivity contribution is 6.01. The number of hydrogen-bond acceptors (Lipinski definition) is 8. The lowest BCUT2D eigenvalue weighted by molar-refractivity contribution is -0.187. The molecule has 0 aromatic heterocycles. The van der Waals surface area contributed by atoms with Crippen LogP contribution in [0.15, 0.2) is 23.8 Å². The van der Waals surface area contributed by atoms with Gasteiger partial charge < -0.3 is 19.3 Å². The molecule has 8 atom stereocenters. The topological polar surface area (TPSA) is 116 Å². The van der Waals surface area contributed by atoms with Crippen molar-refractivity contribution < 1.29 is 42.9 Å². The minimum atomic E-state index is -1.69. The Bertz CT molecular complexity index is 1040. The monoisotopic (exact) mass is 520 g/mol. The predicted octanol–water partition coefficient (Wildman–Crippen LogP) is 4.04. The maximum atomic E-state index is 15.6. The van der Waals surface area contributed by atoms with Gasteiger partial charge in [-0.2, -0.15) is 0 Å². The molecule has 1 N–H and O–H groups in total. The summed E-state index contributed by atoms with van der Waals surface area (Å²) in [5.74, 6) is -2.30. The average molecular weight is 521 g/mol. The van der Waals surface area contributed by atoms with Crippen molar-refractivity contribution in [3.05, 3.63) is 23.8 Å². The van der Waals surface area contributed by atoms with Gasteiger partial charge in [0.25, 0.3) is 0 Å². The molecule has 0 radical (unpaired) electrons. The number of aliphatic hydroxyl groups is 1. The van der Waals surface area contributed by atoms with E-state index in [1.54, 1.807) is 13.0 Å². The molecule has 0 spiro atoms. The maximum absolute atomic E-state index is 15.6. The number of aliphatic hydroxyl groups excluding tert-OH is 1. The average Bonchev–Trinajstić information content (AvgIpc) is 3.14. The Balaban J connectivity index is 1.68. The van der Waals surface area contributed by atoms with Gasteiger partial charge in [0.1, 0.15) is 6.17 Å². The lowest BCUT2D eigenvalue weighted by atomic mass is 9.46. The number of alkyl halides is 1. The first kappa shape index (κ1) is 27.5. The molecule has 4 rings (SSSR count). The van der Waals surface area contributed by atoms with Crippen LogP contribution < -0.4 is 0 Å². The van der Waals surface area contributed by atoms with Crippen LogP contribution in [0.1, 0.15) is 65.7 Å². The summed E-state index contributed by atoms with van der Waals surface area (Å²) in [6.45, 7) is 5.02. The van der Waals surface area contributed by atoms with E-state index in [-0.39, 0.29) is 49.2 Å².